The van der Waals surface area contributed by atoms with Gasteiger partial charge in [0.1, 0.15) is 0 Å². The summed E-state index contributed by atoms with van der Waals surface area (Å²) in [6, 6.07) is 0. The molecule has 2 rings (SSSR count). The molecule has 20 heavy (non-hydrogen) atoms. The van der Waals surface area contributed by atoms with E-state index in [1.54, 1.807) is 11.5 Å². The Morgan fingerprint density at radius 2 is 1.70 bits per heavy atom. The molecule has 110 valence electrons. The van der Waals surface area contributed by atoms with E-state index in [9.17, 15) is 9.59 Å². The molecule has 0 saturated carbocycles. The Labute approximate surface area is 121 Å². The van der Waals surface area contributed by atoms with Crippen LogP contribution >= 0.6 is 10.8 Å². The minimum Gasteiger partial charge on any atom is -0.294 e. The van der Waals surface area contributed by atoms with Gasteiger partial charge in [-0.2, -0.15) is 3.89 Å². The van der Waals surface area contributed by atoms with Gasteiger partial charge in [0, 0.05) is 10.8 Å². The van der Waals surface area contributed by atoms with Crippen molar-refractivity contribution in [2.45, 2.75) is 19.8 Å². The highest BCUT2D eigenvalue weighted by atomic mass is 32.3. The molecule has 0 aromatic rings. The Kier molecular flexibility index (Phi) is 4.35. The number of carbonyl (C=O) groups excluding carboxylic acids is 2. The molecule has 6 heteroatoms. The summed E-state index contributed by atoms with van der Waals surface area (Å²) in [6.45, 7) is 2.50. The Bertz CT molecular complexity index is 475. The quantitative estimate of drug-likeness (QED) is 0.578. The molecule has 2 saturated heterocycles. The highest BCUT2D eigenvalue weighted by Crippen LogP contribution is 2.66. The molecule has 0 amide bonds. The molecule has 0 aliphatic carbocycles. The van der Waals surface area contributed by atoms with E-state index >= 15 is 0 Å². The molecule has 5 nitrogen and oxygen atoms in total. The van der Waals surface area contributed by atoms with Crippen LogP contribution in [0.3, 0.4) is 0 Å². The van der Waals surface area contributed by atoms with E-state index in [0.29, 0.717) is 0 Å². The Balaban J connectivity index is 2.06. The smallest absolute Gasteiger partial charge is 0.294 e. The fourth-order valence-electron chi connectivity index (χ4n) is 2.11. The predicted molar refractivity (Wildman–Crippen MR) is 78.0 cm³/mol. The first-order valence-corrected chi connectivity index (χ1v) is 8.14. The molecular weight excluding hydrogens is 278 g/mol. The summed E-state index contributed by atoms with van der Waals surface area (Å²) >= 11 is 0. The number of likely N-dealkylation sites (N-methyl/N-ethyl adjacent to an activating group) is 1. The normalized spacial score (nSPS) is 36.5. The number of carbonyl (C=O) groups is 2. The van der Waals surface area contributed by atoms with E-state index in [-0.39, 0.29) is 28.9 Å². The van der Waals surface area contributed by atoms with Crippen molar-refractivity contribution >= 4 is 22.7 Å². The lowest BCUT2D eigenvalue weighted by atomic mass is 10.3. The number of hydrogen-bond donors (Lipinski definition) is 0. The molecule has 0 aromatic heterocycles. The van der Waals surface area contributed by atoms with E-state index in [4.69, 9.17) is 8.37 Å². The van der Waals surface area contributed by atoms with Gasteiger partial charge in [0.05, 0.1) is 12.5 Å². The maximum Gasteiger partial charge on any atom is 0.390 e. The van der Waals surface area contributed by atoms with Crippen LogP contribution in [0.4, 0.5) is 0 Å². The van der Waals surface area contributed by atoms with Crippen molar-refractivity contribution in [3.63, 3.8) is 0 Å². The molecule has 0 atom stereocenters. The summed E-state index contributed by atoms with van der Waals surface area (Å²) in [6.07, 6.45) is 11.7. The van der Waals surface area contributed by atoms with E-state index in [0.717, 1.165) is 12.8 Å². The zero-order valence-corrected chi connectivity index (χ0v) is 12.6. The van der Waals surface area contributed by atoms with Gasteiger partial charge in [-0.3, -0.25) is 8.37 Å². The lowest BCUT2D eigenvalue weighted by molar-refractivity contribution is -0.757. The Morgan fingerprint density at radius 1 is 1.10 bits per heavy atom. The number of allylic oxidation sites excluding steroid dienone is 5. The average molecular weight is 298 g/mol. The van der Waals surface area contributed by atoms with E-state index in [1.165, 1.54) is 0 Å². The standard InChI is InChI=1S/C14H20NO4S/c1-3-4-5-6-7-8-9-10-20-15(2,11-13(16)18-20)12-14(17)19-20/h5-10H,3-4,11-12H2,1-2H3/q+1. The number of rotatable bonds is 5. The van der Waals surface area contributed by atoms with Gasteiger partial charge >= 0.3 is 11.9 Å². The third-order valence-electron chi connectivity index (χ3n) is 3.14. The number of fused-ring (bicyclic) bond motifs is 1. The fraction of sp³-hybridized carbons (Fsp3) is 0.429. The van der Waals surface area contributed by atoms with Crippen LogP contribution in [-0.2, 0) is 18.0 Å². The summed E-state index contributed by atoms with van der Waals surface area (Å²) in [5.74, 6) is -0.627. The zero-order valence-electron chi connectivity index (χ0n) is 11.8. The van der Waals surface area contributed by atoms with Crippen LogP contribution in [0.15, 0.2) is 35.8 Å². The zero-order chi connectivity index (χ0) is 14.6. The molecule has 2 aliphatic heterocycles. The van der Waals surface area contributed by atoms with Crippen molar-refractivity contribution in [2.24, 2.45) is 0 Å². The summed E-state index contributed by atoms with van der Waals surface area (Å²) in [4.78, 5) is 23.0. The van der Waals surface area contributed by atoms with Crippen LogP contribution in [0.2, 0.25) is 0 Å². The summed E-state index contributed by atoms with van der Waals surface area (Å²) < 4.78 is 10.9. The van der Waals surface area contributed by atoms with Crippen molar-refractivity contribution in [2.75, 3.05) is 20.1 Å². The van der Waals surface area contributed by atoms with E-state index in [2.05, 4.69) is 13.0 Å². The molecule has 0 bridgehead atoms. The summed E-state index contributed by atoms with van der Waals surface area (Å²) in [5.41, 5.74) is 0. The summed E-state index contributed by atoms with van der Waals surface area (Å²) in [5, 5.41) is 1.72. The lowest BCUT2D eigenvalue weighted by Crippen LogP contribution is -2.39. The minimum absolute atomic E-state index is 0.186. The Hall–Kier alpha value is -1.53. The maximum atomic E-state index is 11.5. The third-order valence-corrected chi connectivity index (χ3v) is 5.98. The largest absolute Gasteiger partial charge is 0.390 e. The molecule has 2 fully saturated rings. The van der Waals surface area contributed by atoms with E-state index < -0.39 is 10.8 Å². The fourth-order valence-corrected chi connectivity index (χ4v) is 4.41. The van der Waals surface area contributed by atoms with Gasteiger partial charge in [0.2, 0.25) is 13.1 Å². The van der Waals surface area contributed by atoms with Crippen LogP contribution in [0.25, 0.3) is 0 Å². The van der Waals surface area contributed by atoms with Gasteiger partial charge < -0.3 is 0 Å². The monoisotopic (exact) mass is 298 g/mol. The number of hydrogen-bond acceptors (Lipinski definition) is 4. The molecule has 0 radical (unpaired) electrons. The Morgan fingerprint density at radius 3 is 2.30 bits per heavy atom. The van der Waals surface area contributed by atoms with E-state index in [1.807, 2.05) is 25.3 Å². The highest BCUT2D eigenvalue weighted by molar-refractivity contribution is 8.24. The molecule has 0 unspecified atom stereocenters. The van der Waals surface area contributed by atoms with Crippen LogP contribution < -0.4 is 0 Å². The first-order valence-electron chi connectivity index (χ1n) is 6.64. The maximum absolute atomic E-state index is 11.5. The van der Waals surface area contributed by atoms with Crippen molar-refractivity contribution in [3.8, 4) is 0 Å². The molecule has 0 spiro atoms. The van der Waals surface area contributed by atoms with Crippen LogP contribution in [0.5, 0.6) is 0 Å². The van der Waals surface area contributed by atoms with Crippen LogP contribution in [0.1, 0.15) is 19.8 Å². The number of unbranched alkanes of at least 4 members (excludes halogenated alkanes) is 1. The first kappa shape index (κ1) is 14.9. The molecule has 2 aliphatic rings. The average Bonchev–Trinajstić information content (AvgIpc) is 2.71. The van der Waals surface area contributed by atoms with Crippen LogP contribution in [0, 0.1) is 0 Å². The van der Waals surface area contributed by atoms with Crippen molar-refractivity contribution in [1.29, 1.82) is 0 Å². The first-order chi connectivity index (χ1) is 9.51. The van der Waals surface area contributed by atoms with Gasteiger partial charge in [-0.05, 0) is 12.5 Å². The SMILES string of the molecule is CCCC=CC=CC=CS12OC(=O)C[N+]1(C)CC(=O)O2. The molecule has 0 aromatic carbocycles. The van der Waals surface area contributed by atoms with Crippen molar-refractivity contribution in [3.05, 3.63) is 35.8 Å². The van der Waals surface area contributed by atoms with Gasteiger partial charge in [-0.25, -0.2) is 9.59 Å². The molecule has 0 N–H and O–H groups in total. The second-order valence-electron chi connectivity index (χ2n) is 4.97. The van der Waals surface area contributed by atoms with Gasteiger partial charge in [0.15, 0.2) is 0 Å². The second kappa shape index (κ2) is 5.85. The molecular formula is C14H20NO4S+. The third kappa shape index (κ3) is 2.81. The number of nitrogens with zero attached hydrogens (tertiary/aromatic N) is 1. The lowest BCUT2D eigenvalue weighted by Gasteiger charge is -2.37. The predicted octanol–water partition coefficient (Wildman–Crippen LogP) is 2.52. The van der Waals surface area contributed by atoms with Gasteiger partial charge in [0.25, 0.3) is 0 Å². The highest BCUT2D eigenvalue weighted by Gasteiger charge is 2.60. The topological polar surface area (TPSA) is 52.6 Å². The summed E-state index contributed by atoms with van der Waals surface area (Å²) in [7, 11) is -0.460. The number of quaternary nitrogens is 1. The van der Waals surface area contributed by atoms with Crippen LogP contribution in [-0.4, -0.2) is 36.0 Å². The van der Waals surface area contributed by atoms with Crippen molar-refractivity contribution in [1.82, 2.24) is 0 Å². The van der Waals surface area contributed by atoms with Gasteiger partial charge in [-0.15, -0.1) is 0 Å². The molecule has 2 heterocycles. The minimum atomic E-state index is -2.28. The van der Waals surface area contributed by atoms with Crippen molar-refractivity contribution < 1.29 is 21.8 Å². The second-order valence-corrected chi connectivity index (χ2v) is 7.49. The van der Waals surface area contributed by atoms with Gasteiger partial charge in [-0.1, -0.05) is 37.6 Å².